The maximum atomic E-state index is 13.0. The zero-order chi connectivity index (χ0) is 15.9. The Kier molecular flexibility index (Phi) is 4.70. The van der Waals surface area contributed by atoms with Crippen molar-refractivity contribution in [3.8, 4) is 0 Å². The van der Waals surface area contributed by atoms with Gasteiger partial charge in [-0.15, -0.1) is 11.3 Å². The molecule has 21 heavy (non-hydrogen) atoms. The van der Waals surface area contributed by atoms with Gasteiger partial charge in [-0.25, -0.2) is 0 Å². The van der Waals surface area contributed by atoms with Gasteiger partial charge in [-0.2, -0.15) is 0 Å². The Morgan fingerprint density at radius 1 is 1.33 bits per heavy atom. The lowest BCUT2D eigenvalue weighted by Crippen LogP contribution is -2.35. The van der Waals surface area contributed by atoms with Gasteiger partial charge in [0.1, 0.15) is 4.83 Å². The monoisotopic (exact) mass is 325 g/mol. The van der Waals surface area contributed by atoms with Crippen LogP contribution in [0.15, 0.2) is 4.79 Å². The van der Waals surface area contributed by atoms with Crippen molar-refractivity contribution in [3.63, 3.8) is 0 Å². The smallest absolute Gasteiger partial charge is 0.263 e. The molecule has 2 rings (SSSR count). The van der Waals surface area contributed by atoms with Crippen LogP contribution in [0, 0.1) is 24.5 Å². The number of rotatable bonds is 4. The molecular formula is C15H23N3OS2. The first-order valence-corrected chi connectivity index (χ1v) is 8.35. The molecule has 116 valence electrons. The predicted molar refractivity (Wildman–Crippen MR) is 93.2 cm³/mol. The first-order chi connectivity index (χ1) is 9.73. The van der Waals surface area contributed by atoms with Crippen molar-refractivity contribution >= 4 is 33.8 Å². The molecule has 0 saturated carbocycles. The van der Waals surface area contributed by atoms with Gasteiger partial charge in [0.2, 0.25) is 0 Å². The van der Waals surface area contributed by atoms with Crippen LogP contribution < -0.4 is 5.56 Å². The van der Waals surface area contributed by atoms with E-state index in [2.05, 4.69) is 23.7 Å². The molecule has 0 aliphatic rings. The Morgan fingerprint density at radius 2 is 1.95 bits per heavy atom. The minimum absolute atomic E-state index is 0.0381. The van der Waals surface area contributed by atoms with E-state index in [1.807, 2.05) is 27.9 Å². The number of nitrogens with zero attached hydrogens (tertiary/aromatic N) is 2. The second kappa shape index (κ2) is 6.02. The summed E-state index contributed by atoms with van der Waals surface area (Å²) < 4.78 is 2.29. The van der Waals surface area contributed by atoms with Crippen LogP contribution in [0.25, 0.3) is 10.2 Å². The predicted octanol–water partition coefficient (Wildman–Crippen LogP) is 3.50. The number of nitrogens with one attached hydrogen (secondary N) is 1. The van der Waals surface area contributed by atoms with E-state index < -0.39 is 0 Å². The molecular weight excluding hydrogens is 302 g/mol. The number of aryl methyl sites for hydroxylation is 2. The van der Waals surface area contributed by atoms with E-state index >= 15 is 0 Å². The maximum Gasteiger partial charge on any atom is 0.263 e. The quantitative estimate of drug-likeness (QED) is 0.875. The summed E-state index contributed by atoms with van der Waals surface area (Å²) in [5.41, 5.74) is 1.10. The average Bonchev–Trinajstić information content (AvgIpc) is 2.62. The van der Waals surface area contributed by atoms with E-state index in [0.29, 0.717) is 10.7 Å². The standard InChI is InChI=1S/C15H23N3OS2/c1-8(2)11(7-17(5)6)18-14(19)12-9(3)10(4)21-13(12)16-15(18)20/h8,11H,7H2,1-6H3,(H,16,20). The fourth-order valence-electron chi connectivity index (χ4n) is 2.61. The molecule has 2 aromatic heterocycles. The van der Waals surface area contributed by atoms with E-state index in [9.17, 15) is 4.79 Å². The largest absolute Gasteiger partial charge is 0.323 e. The van der Waals surface area contributed by atoms with E-state index in [1.54, 1.807) is 15.9 Å². The van der Waals surface area contributed by atoms with Gasteiger partial charge in [-0.1, -0.05) is 13.8 Å². The number of aromatic nitrogens is 2. The summed E-state index contributed by atoms with van der Waals surface area (Å²) >= 11 is 7.07. The lowest BCUT2D eigenvalue weighted by molar-refractivity contribution is 0.262. The molecule has 2 aromatic rings. The van der Waals surface area contributed by atoms with Gasteiger partial charge in [-0.05, 0) is 51.6 Å². The number of fused-ring (bicyclic) bond motifs is 1. The van der Waals surface area contributed by atoms with E-state index in [4.69, 9.17) is 12.2 Å². The van der Waals surface area contributed by atoms with Crippen LogP contribution in [0.3, 0.4) is 0 Å². The molecule has 0 amide bonds. The molecule has 1 unspecified atom stereocenters. The van der Waals surface area contributed by atoms with E-state index in [-0.39, 0.29) is 11.6 Å². The second-order valence-electron chi connectivity index (χ2n) is 6.17. The van der Waals surface area contributed by atoms with Crippen molar-refractivity contribution in [1.29, 1.82) is 0 Å². The highest BCUT2D eigenvalue weighted by atomic mass is 32.1. The summed E-state index contributed by atoms with van der Waals surface area (Å²) in [6.45, 7) is 9.10. The summed E-state index contributed by atoms with van der Waals surface area (Å²) in [6, 6.07) is 0.0697. The van der Waals surface area contributed by atoms with Gasteiger partial charge in [0.15, 0.2) is 4.77 Å². The number of likely N-dealkylation sites (N-methyl/N-ethyl adjacent to an activating group) is 1. The zero-order valence-electron chi connectivity index (χ0n) is 13.5. The third-order valence-corrected chi connectivity index (χ3v) is 5.33. The first kappa shape index (κ1) is 16.4. The molecule has 1 atom stereocenters. The normalized spacial score (nSPS) is 13.5. The van der Waals surface area contributed by atoms with Crippen LogP contribution in [-0.2, 0) is 0 Å². The highest BCUT2D eigenvalue weighted by molar-refractivity contribution is 7.71. The third kappa shape index (κ3) is 2.98. The molecule has 0 fully saturated rings. The Morgan fingerprint density at radius 3 is 2.48 bits per heavy atom. The lowest BCUT2D eigenvalue weighted by atomic mass is 10.0. The highest BCUT2D eigenvalue weighted by Crippen LogP contribution is 2.27. The molecule has 6 heteroatoms. The van der Waals surface area contributed by atoms with Crippen molar-refractivity contribution in [2.24, 2.45) is 5.92 Å². The number of thiophene rings is 1. The van der Waals surface area contributed by atoms with Crippen molar-refractivity contribution < 1.29 is 0 Å². The minimum atomic E-state index is 0.0381. The van der Waals surface area contributed by atoms with Crippen LogP contribution in [0.1, 0.15) is 30.3 Å². The van der Waals surface area contributed by atoms with Crippen LogP contribution >= 0.6 is 23.6 Å². The van der Waals surface area contributed by atoms with Gasteiger partial charge >= 0.3 is 0 Å². The summed E-state index contributed by atoms with van der Waals surface area (Å²) in [6.07, 6.45) is 0. The fourth-order valence-corrected chi connectivity index (χ4v) is 4.04. The summed E-state index contributed by atoms with van der Waals surface area (Å²) in [5, 5.41) is 0.788. The van der Waals surface area contributed by atoms with E-state index in [1.165, 1.54) is 4.88 Å². The number of hydrogen-bond donors (Lipinski definition) is 1. The summed E-state index contributed by atoms with van der Waals surface area (Å²) in [4.78, 5) is 20.4. The average molecular weight is 326 g/mol. The Bertz CT molecular complexity index is 768. The van der Waals surface area contributed by atoms with Gasteiger partial charge < -0.3 is 9.88 Å². The van der Waals surface area contributed by atoms with Gasteiger partial charge in [0.25, 0.3) is 5.56 Å². The number of aromatic amines is 1. The molecule has 0 saturated heterocycles. The molecule has 0 radical (unpaired) electrons. The molecule has 0 aliphatic heterocycles. The molecule has 2 heterocycles. The molecule has 0 bridgehead atoms. The summed E-state index contributed by atoms with van der Waals surface area (Å²) in [7, 11) is 4.04. The summed E-state index contributed by atoms with van der Waals surface area (Å²) in [5.74, 6) is 0.331. The van der Waals surface area contributed by atoms with Gasteiger partial charge in [0, 0.05) is 11.4 Å². The maximum absolute atomic E-state index is 13.0. The topological polar surface area (TPSA) is 41.0 Å². The van der Waals surface area contributed by atoms with Crippen LogP contribution in [0.5, 0.6) is 0 Å². The van der Waals surface area contributed by atoms with Crippen molar-refractivity contribution in [2.45, 2.75) is 33.7 Å². The molecule has 4 nitrogen and oxygen atoms in total. The zero-order valence-corrected chi connectivity index (χ0v) is 15.1. The van der Waals surface area contributed by atoms with Crippen LogP contribution in [-0.4, -0.2) is 35.1 Å². The second-order valence-corrected chi connectivity index (χ2v) is 7.78. The van der Waals surface area contributed by atoms with Crippen LogP contribution in [0.2, 0.25) is 0 Å². The van der Waals surface area contributed by atoms with Gasteiger partial charge in [0.05, 0.1) is 11.4 Å². The number of hydrogen-bond acceptors (Lipinski definition) is 4. The Balaban J connectivity index is 2.76. The van der Waals surface area contributed by atoms with E-state index in [0.717, 1.165) is 22.3 Å². The lowest BCUT2D eigenvalue weighted by Gasteiger charge is -2.26. The highest BCUT2D eigenvalue weighted by Gasteiger charge is 2.22. The van der Waals surface area contributed by atoms with Crippen molar-refractivity contribution in [3.05, 3.63) is 25.6 Å². The molecule has 0 aromatic carbocycles. The number of H-pyrrole nitrogens is 1. The SMILES string of the molecule is Cc1sc2[nH]c(=S)n(C(CN(C)C)C(C)C)c(=O)c2c1C. The molecule has 1 N–H and O–H groups in total. The molecule has 0 aliphatic carbocycles. The molecule has 0 spiro atoms. The van der Waals surface area contributed by atoms with Gasteiger partial charge in [-0.3, -0.25) is 9.36 Å². The Hall–Kier alpha value is -0.980. The van der Waals surface area contributed by atoms with Crippen LogP contribution in [0.4, 0.5) is 0 Å². The third-order valence-electron chi connectivity index (χ3n) is 3.91. The van der Waals surface area contributed by atoms with Crippen molar-refractivity contribution in [1.82, 2.24) is 14.5 Å². The fraction of sp³-hybridized carbons (Fsp3) is 0.600. The van der Waals surface area contributed by atoms with Crippen molar-refractivity contribution in [2.75, 3.05) is 20.6 Å². The minimum Gasteiger partial charge on any atom is -0.323 e. The first-order valence-electron chi connectivity index (χ1n) is 7.13. The Labute approximate surface area is 134 Å².